The van der Waals surface area contributed by atoms with Gasteiger partial charge in [-0.25, -0.2) is 0 Å². The van der Waals surface area contributed by atoms with E-state index in [4.69, 9.17) is 18.9 Å². The Morgan fingerprint density at radius 1 is 1.13 bits per heavy atom. The highest BCUT2D eigenvalue weighted by Crippen LogP contribution is 2.14. The SMILES string of the molecule is COc1ccc(CC(C)CN=C(NCCc2ccco2)NCCN2CCOCC2)cc1. The average molecular weight is 429 g/mol. The maximum atomic E-state index is 5.43. The number of aliphatic imine (C=N–C) groups is 1. The Bertz CT molecular complexity index is 756. The van der Waals surface area contributed by atoms with Crippen LogP contribution >= 0.6 is 0 Å². The van der Waals surface area contributed by atoms with Gasteiger partial charge in [0.15, 0.2) is 5.96 Å². The fraction of sp³-hybridized carbons (Fsp3) is 0.542. The summed E-state index contributed by atoms with van der Waals surface area (Å²) in [5.74, 6) is 3.17. The van der Waals surface area contributed by atoms with E-state index in [1.54, 1.807) is 13.4 Å². The molecule has 2 N–H and O–H groups in total. The second kappa shape index (κ2) is 13.0. The van der Waals surface area contributed by atoms with Crippen molar-refractivity contribution in [2.75, 3.05) is 59.6 Å². The first-order valence-electron chi connectivity index (χ1n) is 11.2. The van der Waals surface area contributed by atoms with Gasteiger partial charge in [0.05, 0.1) is 26.6 Å². The molecule has 2 heterocycles. The highest BCUT2D eigenvalue weighted by atomic mass is 16.5. The maximum Gasteiger partial charge on any atom is 0.191 e. The molecule has 170 valence electrons. The first-order chi connectivity index (χ1) is 15.2. The summed E-state index contributed by atoms with van der Waals surface area (Å²) in [5, 5.41) is 6.94. The monoisotopic (exact) mass is 428 g/mol. The van der Waals surface area contributed by atoms with Gasteiger partial charge in [0.1, 0.15) is 11.5 Å². The first kappa shape index (κ1) is 23.2. The molecule has 1 atom stereocenters. The van der Waals surface area contributed by atoms with Gasteiger partial charge in [0, 0.05) is 45.7 Å². The lowest BCUT2D eigenvalue weighted by atomic mass is 10.0. The molecular formula is C24H36N4O3. The van der Waals surface area contributed by atoms with Gasteiger partial charge in [-0.3, -0.25) is 9.89 Å². The van der Waals surface area contributed by atoms with Crippen molar-refractivity contribution in [2.45, 2.75) is 19.8 Å². The molecule has 7 nitrogen and oxygen atoms in total. The topological polar surface area (TPSA) is 71.3 Å². The summed E-state index contributed by atoms with van der Waals surface area (Å²) in [6.07, 6.45) is 3.53. The number of ether oxygens (including phenoxy) is 2. The molecule has 1 aromatic carbocycles. The molecule has 1 aliphatic rings. The Morgan fingerprint density at radius 3 is 2.61 bits per heavy atom. The van der Waals surface area contributed by atoms with Crippen LogP contribution in [0.1, 0.15) is 18.2 Å². The third-order valence-electron chi connectivity index (χ3n) is 5.37. The van der Waals surface area contributed by atoms with Gasteiger partial charge >= 0.3 is 0 Å². The molecule has 1 aromatic heterocycles. The lowest BCUT2D eigenvalue weighted by Gasteiger charge is -2.26. The second-order valence-electron chi connectivity index (χ2n) is 7.98. The van der Waals surface area contributed by atoms with Crippen LogP contribution < -0.4 is 15.4 Å². The van der Waals surface area contributed by atoms with Crippen molar-refractivity contribution >= 4 is 5.96 Å². The molecule has 3 rings (SSSR count). The molecule has 0 aliphatic carbocycles. The van der Waals surface area contributed by atoms with Crippen molar-refractivity contribution in [3.05, 3.63) is 54.0 Å². The van der Waals surface area contributed by atoms with Crippen LogP contribution in [-0.4, -0.2) is 70.5 Å². The Labute approximate surface area is 185 Å². The van der Waals surface area contributed by atoms with E-state index in [1.807, 2.05) is 24.3 Å². The van der Waals surface area contributed by atoms with Crippen LogP contribution in [0.5, 0.6) is 5.75 Å². The number of hydrogen-bond acceptors (Lipinski definition) is 5. The average Bonchev–Trinajstić information content (AvgIpc) is 3.32. The van der Waals surface area contributed by atoms with Crippen LogP contribution in [0.4, 0.5) is 0 Å². The highest BCUT2D eigenvalue weighted by molar-refractivity contribution is 5.79. The first-order valence-corrected chi connectivity index (χ1v) is 11.2. The van der Waals surface area contributed by atoms with Crippen molar-refractivity contribution in [1.29, 1.82) is 0 Å². The van der Waals surface area contributed by atoms with E-state index in [1.165, 1.54) is 5.56 Å². The molecule has 0 bridgehead atoms. The summed E-state index contributed by atoms with van der Waals surface area (Å²) >= 11 is 0. The third-order valence-corrected chi connectivity index (χ3v) is 5.37. The van der Waals surface area contributed by atoms with Gasteiger partial charge < -0.3 is 24.5 Å². The molecule has 0 radical (unpaired) electrons. The van der Waals surface area contributed by atoms with Crippen molar-refractivity contribution in [3.63, 3.8) is 0 Å². The molecule has 31 heavy (non-hydrogen) atoms. The standard InChI is InChI=1S/C24H36N4O3/c1-20(18-21-5-7-22(29-2)8-6-21)19-27-24(25-10-9-23-4-3-15-31-23)26-11-12-28-13-16-30-17-14-28/h3-8,15,20H,9-14,16-19H2,1-2H3,(H2,25,26,27). The molecular weight excluding hydrogens is 392 g/mol. The number of rotatable bonds is 11. The fourth-order valence-corrected chi connectivity index (χ4v) is 3.57. The van der Waals surface area contributed by atoms with E-state index >= 15 is 0 Å². The van der Waals surface area contributed by atoms with Crippen molar-refractivity contribution in [3.8, 4) is 5.75 Å². The van der Waals surface area contributed by atoms with Gasteiger partial charge in [-0.15, -0.1) is 0 Å². The third kappa shape index (κ3) is 8.63. The molecule has 1 aliphatic heterocycles. The summed E-state index contributed by atoms with van der Waals surface area (Å²) in [6.45, 7) is 9.28. The van der Waals surface area contributed by atoms with Gasteiger partial charge in [-0.2, -0.15) is 0 Å². The summed E-state index contributed by atoms with van der Waals surface area (Å²) in [6, 6.07) is 12.2. The number of methoxy groups -OCH3 is 1. The van der Waals surface area contributed by atoms with Crippen LogP contribution in [0.2, 0.25) is 0 Å². The van der Waals surface area contributed by atoms with E-state index in [-0.39, 0.29) is 0 Å². The van der Waals surface area contributed by atoms with Crippen molar-refractivity contribution < 1.29 is 13.9 Å². The number of nitrogens with zero attached hydrogens (tertiary/aromatic N) is 2. The molecule has 2 aromatic rings. The summed E-state index contributed by atoms with van der Waals surface area (Å²) in [7, 11) is 1.69. The lowest BCUT2D eigenvalue weighted by Crippen LogP contribution is -2.45. The summed E-state index contributed by atoms with van der Waals surface area (Å²) in [5.41, 5.74) is 1.30. The highest BCUT2D eigenvalue weighted by Gasteiger charge is 2.10. The minimum absolute atomic E-state index is 0.441. The number of nitrogens with one attached hydrogen (secondary N) is 2. The van der Waals surface area contributed by atoms with Crippen molar-refractivity contribution in [1.82, 2.24) is 15.5 Å². The minimum atomic E-state index is 0.441. The predicted molar refractivity (Wildman–Crippen MR) is 124 cm³/mol. The molecule has 7 heteroatoms. The van der Waals surface area contributed by atoms with E-state index < -0.39 is 0 Å². The van der Waals surface area contributed by atoms with Gasteiger partial charge in [0.2, 0.25) is 0 Å². The smallest absolute Gasteiger partial charge is 0.191 e. The van der Waals surface area contributed by atoms with Crippen molar-refractivity contribution in [2.24, 2.45) is 10.9 Å². The van der Waals surface area contributed by atoms with E-state index in [0.29, 0.717) is 5.92 Å². The largest absolute Gasteiger partial charge is 0.497 e. The molecule has 1 unspecified atom stereocenters. The zero-order chi connectivity index (χ0) is 21.7. The number of furan rings is 1. The van der Waals surface area contributed by atoms with Gasteiger partial charge in [-0.1, -0.05) is 19.1 Å². The van der Waals surface area contributed by atoms with Crippen LogP contribution in [-0.2, 0) is 17.6 Å². The zero-order valence-corrected chi connectivity index (χ0v) is 18.8. The molecule has 1 saturated heterocycles. The number of hydrogen-bond donors (Lipinski definition) is 2. The van der Waals surface area contributed by atoms with E-state index in [2.05, 4.69) is 34.6 Å². The van der Waals surface area contributed by atoms with E-state index in [0.717, 1.165) is 82.8 Å². The number of guanidine groups is 1. The summed E-state index contributed by atoms with van der Waals surface area (Å²) in [4.78, 5) is 7.27. The normalized spacial score (nSPS) is 16.1. The molecule has 0 amide bonds. The Hall–Kier alpha value is -2.51. The molecule has 1 fully saturated rings. The lowest BCUT2D eigenvalue weighted by molar-refractivity contribution is 0.0389. The molecule has 0 spiro atoms. The van der Waals surface area contributed by atoms with E-state index in [9.17, 15) is 0 Å². The van der Waals surface area contributed by atoms with Crippen LogP contribution in [0.25, 0.3) is 0 Å². The minimum Gasteiger partial charge on any atom is -0.497 e. The maximum absolute atomic E-state index is 5.43. The Kier molecular flexibility index (Phi) is 9.73. The second-order valence-corrected chi connectivity index (χ2v) is 7.98. The Morgan fingerprint density at radius 2 is 1.90 bits per heavy atom. The number of benzene rings is 1. The van der Waals surface area contributed by atoms with Crippen LogP contribution in [0.15, 0.2) is 52.1 Å². The van der Waals surface area contributed by atoms with Gasteiger partial charge in [0.25, 0.3) is 0 Å². The van der Waals surface area contributed by atoms with Crippen LogP contribution in [0.3, 0.4) is 0 Å². The van der Waals surface area contributed by atoms with Gasteiger partial charge in [-0.05, 0) is 42.2 Å². The number of morpholine rings is 1. The quantitative estimate of drug-likeness (QED) is 0.423. The Balaban J connectivity index is 1.47. The van der Waals surface area contributed by atoms with Crippen LogP contribution in [0, 0.1) is 5.92 Å². The fourth-order valence-electron chi connectivity index (χ4n) is 3.57. The molecule has 0 saturated carbocycles. The summed E-state index contributed by atoms with van der Waals surface area (Å²) < 4.78 is 16.1. The predicted octanol–water partition coefficient (Wildman–Crippen LogP) is 2.58. The zero-order valence-electron chi connectivity index (χ0n) is 18.8.